The topological polar surface area (TPSA) is 79.3 Å². The number of halogens is 1. The van der Waals surface area contributed by atoms with Crippen LogP contribution in [0.15, 0.2) is 48.0 Å². The molecule has 8 heteroatoms. The Kier molecular flexibility index (Phi) is 10.7. The maximum atomic E-state index is 13.5. The third-order valence-electron chi connectivity index (χ3n) is 6.80. The van der Waals surface area contributed by atoms with Gasteiger partial charge in [0.25, 0.3) is 11.7 Å². The summed E-state index contributed by atoms with van der Waals surface area (Å²) in [5.74, 6) is -1.15. The summed E-state index contributed by atoms with van der Waals surface area (Å²) in [5.41, 5.74) is 0.857. The molecule has 2 aromatic rings. The third-order valence-corrected chi connectivity index (χ3v) is 6.80. The number of hydrogen-bond donors (Lipinski definition) is 1. The van der Waals surface area contributed by atoms with Crippen LogP contribution in [-0.4, -0.2) is 66.0 Å². The lowest BCUT2D eigenvalue weighted by molar-refractivity contribution is -0.140. The minimum Gasteiger partial charge on any atom is -0.507 e. The predicted molar refractivity (Wildman–Crippen MR) is 146 cm³/mol. The van der Waals surface area contributed by atoms with Crippen molar-refractivity contribution >= 4 is 17.4 Å². The first-order valence-corrected chi connectivity index (χ1v) is 13.5. The van der Waals surface area contributed by atoms with Gasteiger partial charge in [0.2, 0.25) is 0 Å². The number of likely N-dealkylation sites (tertiary alicyclic amines) is 1. The Hall–Kier alpha value is -3.39. The van der Waals surface area contributed by atoms with Crippen LogP contribution >= 0.6 is 0 Å². The molecule has 1 atom stereocenters. The van der Waals surface area contributed by atoms with Crippen LogP contribution in [0.25, 0.3) is 5.76 Å². The lowest BCUT2D eigenvalue weighted by atomic mass is 9.95. The van der Waals surface area contributed by atoms with Crippen LogP contribution in [0.5, 0.6) is 11.5 Å². The van der Waals surface area contributed by atoms with E-state index < -0.39 is 23.5 Å². The Balaban J connectivity index is 2.08. The summed E-state index contributed by atoms with van der Waals surface area (Å²) in [5, 5.41) is 11.2. The fourth-order valence-corrected chi connectivity index (χ4v) is 4.63. The first kappa shape index (κ1) is 29.2. The van der Waals surface area contributed by atoms with E-state index in [1.165, 1.54) is 29.2 Å². The molecule has 7 nitrogen and oxygen atoms in total. The van der Waals surface area contributed by atoms with Crippen LogP contribution in [0.1, 0.15) is 64.1 Å². The molecule has 206 valence electrons. The fourth-order valence-electron chi connectivity index (χ4n) is 4.63. The highest BCUT2D eigenvalue weighted by Gasteiger charge is 2.46. The van der Waals surface area contributed by atoms with Crippen LogP contribution in [0, 0.1) is 5.82 Å². The van der Waals surface area contributed by atoms with Gasteiger partial charge in [0.15, 0.2) is 11.5 Å². The SMILES string of the molecule is CCCCCOc1ccc(C2C(=C(O)c3ccc(F)cc3)C(=O)C(=O)N2CCN(CC)CC)cc1OCC. The Morgan fingerprint density at radius 2 is 1.68 bits per heavy atom. The van der Waals surface area contributed by atoms with E-state index in [0.717, 1.165) is 32.4 Å². The molecular weight excluding hydrogens is 487 g/mol. The first-order chi connectivity index (χ1) is 18.4. The number of nitrogens with zero attached hydrogens (tertiary/aromatic N) is 2. The summed E-state index contributed by atoms with van der Waals surface area (Å²) >= 11 is 0. The number of ether oxygens (including phenoxy) is 2. The summed E-state index contributed by atoms with van der Waals surface area (Å²) in [6, 6.07) is 9.73. The van der Waals surface area contributed by atoms with Gasteiger partial charge < -0.3 is 24.4 Å². The molecule has 0 aromatic heterocycles. The van der Waals surface area contributed by atoms with E-state index in [1.807, 2.05) is 20.8 Å². The van der Waals surface area contributed by atoms with Crippen LogP contribution in [0.3, 0.4) is 0 Å². The van der Waals surface area contributed by atoms with Crippen molar-refractivity contribution in [1.82, 2.24) is 9.80 Å². The van der Waals surface area contributed by atoms with Crippen molar-refractivity contribution in [3.63, 3.8) is 0 Å². The molecule has 1 saturated heterocycles. The molecular formula is C30H39FN2O5. The average Bonchev–Trinajstić information content (AvgIpc) is 3.17. The molecule has 0 radical (unpaired) electrons. The Morgan fingerprint density at radius 1 is 0.974 bits per heavy atom. The van der Waals surface area contributed by atoms with Crippen LogP contribution in [-0.2, 0) is 9.59 Å². The zero-order valence-corrected chi connectivity index (χ0v) is 22.8. The van der Waals surface area contributed by atoms with Gasteiger partial charge in [-0.3, -0.25) is 9.59 Å². The first-order valence-electron chi connectivity index (χ1n) is 13.5. The summed E-state index contributed by atoms with van der Waals surface area (Å²) in [6.45, 7) is 11.5. The second-order valence-electron chi connectivity index (χ2n) is 9.22. The molecule has 2 aromatic carbocycles. The maximum Gasteiger partial charge on any atom is 0.295 e. The van der Waals surface area contributed by atoms with E-state index in [4.69, 9.17) is 9.47 Å². The molecule has 0 spiro atoms. The summed E-state index contributed by atoms with van der Waals surface area (Å²) in [4.78, 5) is 30.2. The standard InChI is InChI=1S/C30H39FN2O5/c1-5-9-10-19-38-24-16-13-22(20-25(24)37-8-4)27-26(28(34)21-11-14-23(31)15-12-21)29(35)30(36)33(27)18-17-32(6-2)7-3/h11-16,20,27,34H,5-10,17-19H2,1-4H3. The van der Waals surface area contributed by atoms with E-state index in [0.29, 0.717) is 43.4 Å². The highest BCUT2D eigenvalue weighted by Crippen LogP contribution is 2.42. The van der Waals surface area contributed by atoms with Crippen molar-refractivity contribution in [3.05, 3.63) is 65.0 Å². The molecule has 1 unspecified atom stereocenters. The molecule has 1 N–H and O–H groups in total. The number of unbranched alkanes of at least 4 members (excludes halogenated alkanes) is 2. The Bertz CT molecular complexity index is 1130. The Morgan fingerprint density at radius 3 is 2.32 bits per heavy atom. The highest BCUT2D eigenvalue weighted by molar-refractivity contribution is 6.46. The Labute approximate surface area is 224 Å². The largest absolute Gasteiger partial charge is 0.507 e. The highest BCUT2D eigenvalue weighted by atomic mass is 19.1. The number of carbonyl (C=O) groups is 2. The van der Waals surface area contributed by atoms with Crippen molar-refractivity contribution in [2.75, 3.05) is 39.4 Å². The summed E-state index contributed by atoms with van der Waals surface area (Å²) < 4.78 is 25.4. The van der Waals surface area contributed by atoms with Gasteiger partial charge in [-0.2, -0.15) is 0 Å². The monoisotopic (exact) mass is 526 g/mol. The molecule has 38 heavy (non-hydrogen) atoms. The second-order valence-corrected chi connectivity index (χ2v) is 9.22. The van der Waals surface area contributed by atoms with Gasteiger partial charge in [0.05, 0.1) is 24.8 Å². The molecule has 3 rings (SSSR count). The number of amides is 1. The van der Waals surface area contributed by atoms with Crippen LogP contribution < -0.4 is 9.47 Å². The summed E-state index contributed by atoms with van der Waals surface area (Å²) in [6.07, 6.45) is 3.07. The normalized spacial score (nSPS) is 16.9. The van der Waals surface area contributed by atoms with Gasteiger partial charge in [0, 0.05) is 18.7 Å². The fraction of sp³-hybridized carbons (Fsp3) is 0.467. The van der Waals surface area contributed by atoms with Gasteiger partial charge in [-0.1, -0.05) is 39.7 Å². The molecule has 0 bridgehead atoms. The van der Waals surface area contributed by atoms with E-state index >= 15 is 0 Å². The predicted octanol–water partition coefficient (Wildman–Crippen LogP) is 5.56. The zero-order valence-electron chi connectivity index (χ0n) is 22.8. The van der Waals surface area contributed by atoms with Gasteiger partial charge in [-0.15, -0.1) is 0 Å². The second kappa shape index (κ2) is 14.0. The van der Waals surface area contributed by atoms with Crippen molar-refractivity contribution in [2.45, 2.75) is 53.0 Å². The maximum absolute atomic E-state index is 13.5. The van der Waals surface area contributed by atoms with Crippen molar-refractivity contribution in [3.8, 4) is 11.5 Å². The molecule has 1 aliphatic heterocycles. The number of aliphatic hydroxyl groups is 1. The van der Waals surface area contributed by atoms with E-state index in [2.05, 4.69) is 11.8 Å². The van der Waals surface area contributed by atoms with Crippen LogP contribution in [0.4, 0.5) is 4.39 Å². The third kappa shape index (κ3) is 6.72. The van der Waals surface area contributed by atoms with Crippen molar-refractivity contribution < 1.29 is 28.6 Å². The number of likely N-dealkylation sites (N-methyl/N-ethyl adjacent to an activating group) is 1. The molecule has 1 fully saturated rings. The number of hydrogen-bond acceptors (Lipinski definition) is 6. The number of rotatable bonds is 14. The quantitative estimate of drug-likeness (QED) is 0.150. The number of aliphatic hydroxyl groups excluding tert-OH is 1. The lowest BCUT2D eigenvalue weighted by Crippen LogP contribution is -2.38. The molecule has 1 amide bonds. The van der Waals surface area contributed by atoms with E-state index in [1.54, 1.807) is 18.2 Å². The lowest BCUT2D eigenvalue weighted by Gasteiger charge is -2.28. The average molecular weight is 527 g/mol. The van der Waals surface area contributed by atoms with Crippen LogP contribution in [0.2, 0.25) is 0 Å². The number of ketones is 1. The van der Waals surface area contributed by atoms with Gasteiger partial charge in [0.1, 0.15) is 11.6 Å². The molecule has 1 aliphatic rings. The van der Waals surface area contributed by atoms with Gasteiger partial charge in [-0.05, 0) is 68.4 Å². The summed E-state index contributed by atoms with van der Waals surface area (Å²) in [7, 11) is 0. The zero-order chi connectivity index (χ0) is 27.7. The molecule has 0 aliphatic carbocycles. The molecule has 1 heterocycles. The van der Waals surface area contributed by atoms with Crippen molar-refractivity contribution in [1.29, 1.82) is 0 Å². The van der Waals surface area contributed by atoms with Gasteiger partial charge >= 0.3 is 0 Å². The van der Waals surface area contributed by atoms with E-state index in [9.17, 15) is 19.1 Å². The number of benzene rings is 2. The van der Waals surface area contributed by atoms with E-state index in [-0.39, 0.29) is 16.9 Å². The van der Waals surface area contributed by atoms with Crippen molar-refractivity contribution in [2.24, 2.45) is 0 Å². The minimum atomic E-state index is -0.830. The minimum absolute atomic E-state index is 0.0276. The number of carbonyl (C=O) groups excluding carboxylic acids is 2. The molecule has 0 saturated carbocycles. The smallest absolute Gasteiger partial charge is 0.295 e. The number of Topliss-reactive ketones (excluding diaryl/α,β-unsaturated/α-hetero) is 1. The van der Waals surface area contributed by atoms with Gasteiger partial charge in [-0.25, -0.2) is 4.39 Å².